The topological polar surface area (TPSA) is 27.7 Å². The predicted molar refractivity (Wildman–Crippen MR) is 46.9 cm³/mol. The van der Waals surface area contributed by atoms with Crippen LogP contribution in [0.3, 0.4) is 0 Å². The van der Waals surface area contributed by atoms with Crippen molar-refractivity contribution in [1.29, 1.82) is 0 Å². The second kappa shape index (κ2) is 6.00. The van der Waals surface area contributed by atoms with Gasteiger partial charge in [-0.15, -0.1) is 0 Å². The molecule has 1 aliphatic heterocycles. The van der Waals surface area contributed by atoms with E-state index in [0.717, 1.165) is 0 Å². The Labute approximate surface area is 116 Å². The van der Waals surface area contributed by atoms with Crippen molar-refractivity contribution in [2.24, 2.45) is 0 Å². The van der Waals surface area contributed by atoms with Gasteiger partial charge in [0.2, 0.25) is 0 Å². The van der Waals surface area contributed by atoms with Gasteiger partial charge in [-0.2, -0.15) is 35.1 Å². The van der Waals surface area contributed by atoms with Gasteiger partial charge in [0, 0.05) is 6.61 Å². The Morgan fingerprint density at radius 1 is 0.909 bits per heavy atom. The maximum absolute atomic E-state index is 13.4. The van der Waals surface area contributed by atoms with Gasteiger partial charge in [0.05, 0.1) is 0 Å². The van der Waals surface area contributed by atoms with Gasteiger partial charge >= 0.3 is 30.9 Å². The van der Waals surface area contributed by atoms with Crippen molar-refractivity contribution in [2.45, 2.75) is 49.8 Å². The van der Waals surface area contributed by atoms with E-state index in [9.17, 15) is 43.9 Å². The van der Waals surface area contributed by atoms with Gasteiger partial charge < -0.3 is 4.74 Å². The fourth-order valence-electron chi connectivity index (χ4n) is 1.44. The minimum absolute atomic E-state index is 0.0387. The van der Waals surface area contributed by atoms with E-state index in [0.29, 0.717) is 0 Å². The molecule has 0 bridgehead atoms. The standard InChI is InChI=1S/C9H8F10O3/c10-5(11)7(14,15)22-9(19,8(16,17)18)21-6(12,13)4-2-1-3-20-4/h4-5H,1-3H2. The Morgan fingerprint density at radius 3 is 1.82 bits per heavy atom. The molecule has 1 rings (SSSR count). The van der Waals surface area contributed by atoms with E-state index in [2.05, 4.69) is 14.2 Å². The highest BCUT2D eigenvalue weighted by atomic mass is 19.4. The molecule has 0 radical (unpaired) electrons. The molecule has 0 N–H and O–H groups in total. The first kappa shape index (κ1) is 19.2. The first-order valence-corrected chi connectivity index (χ1v) is 5.52. The van der Waals surface area contributed by atoms with Gasteiger partial charge in [-0.3, -0.25) is 0 Å². The van der Waals surface area contributed by atoms with Gasteiger partial charge in [-0.05, 0) is 12.8 Å². The normalized spacial score (nSPS) is 23.9. The molecule has 22 heavy (non-hydrogen) atoms. The average Bonchev–Trinajstić information content (AvgIpc) is 2.78. The van der Waals surface area contributed by atoms with Gasteiger partial charge in [-0.25, -0.2) is 18.3 Å². The molecule has 2 atom stereocenters. The Kier molecular flexibility index (Phi) is 5.24. The fourth-order valence-corrected chi connectivity index (χ4v) is 1.44. The molecule has 2 unspecified atom stereocenters. The molecule has 1 heterocycles. The van der Waals surface area contributed by atoms with Gasteiger partial charge in [-0.1, -0.05) is 0 Å². The molecule has 3 nitrogen and oxygen atoms in total. The molecule has 1 saturated heterocycles. The highest BCUT2D eigenvalue weighted by Gasteiger charge is 2.70. The van der Waals surface area contributed by atoms with Crippen LogP contribution in [0.4, 0.5) is 43.9 Å². The molecule has 0 saturated carbocycles. The van der Waals surface area contributed by atoms with Crippen molar-refractivity contribution in [3.63, 3.8) is 0 Å². The van der Waals surface area contributed by atoms with E-state index < -0.39 is 43.4 Å². The van der Waals surface area contributed by atoms with E-state index in [1.54, 1.807) is 0 Å². The summed E-state index contributed by atoms with van der Waals surface area (Å²) in [7, 11) is 0. The quantitative estimate of drug-likeness (QED) is 0.536. The van der Waals surface area contributed by atoms with Crippen molar-refractivity contribution in [3.05, 3.63) is 0 Å². The molecule has 13 heteroatoms. The number of rotatable bonds is 6. The number of hydrogen-bond acceptors (Lipinski definition) is 3. The Hall–Kier alpha value is -0.820. The summed E-state index contributed by atoms with van der Waals surface area (Å²) in [5.41, 5.74) is 0. The summed E-state index contributed by atoms with van der Waals surface area (Å²) in [5, 5.41) is 0. The molecular weight excluding hydrogens is 346 g/mol. The third-order valence-corrected chi connectivity index (χ3v) is 2.43. The van der Waals surface area contributed by atoms with Crippen LogP contribution < -0.4 is 0 Å². The Balaban J connectivity index is 3.02. The molecule has 1 fully saturated rings. The predicted octanol–water partition coefficient (Wildman–Crippen LogP) is 3.83. The average molecular weight is 354 g/mol. The summed E-state index contributed by atoms with van der Waals surface area (Å²) in [4.78, 5) is 0. The van der Waals surface area contributed by atoms with Crippen LogP contribution in [0.2, 0.25) is 0 Å². The van der Waals surface area contributed by atoms with E-state index in [4.69, 9.17) is 0 Å². The molecular formula is C9H8F10O3. The van der Waals surface area contributed by atoms with Crippen molar-refractivity contribution >= 4 is 0 Å². The van der Waals surface area contributed by atoms with Crippen LogP contribution in [0.5, 0.6) is 0 Å². The molecule has 0 aliphatic carbocycles. The minimum Gasteiger partial charge on any atom is -0.369 e. The molecule has 1 aliphatic rings. The van der Waals surface area contributed by atoms with E-state index in [-0.39, 0.29) is 13.0 Å². The van der Waals surface area contributed by atoms with Crippen LogP contribution in [0.25, 0.3) is 0 Å². The summed E-state index contributed by atoms with van der Waals surface area (Å²) < 4.78 is 135. The lowest BCUT2D eigenvalue weighted by molar-refractivity contribution is -0.545. The van der Waals surface area contributed by atoms with Gasteiger partial charge in [0.15, 0.2) is 0 Å². The summed E-state index contributed by atoms with van der Waals surface area (Å²) in [6, 6.07) is -6.16. The third kappa shape index (κ3) is 4.13. The molecule has 0 aromatic carbocycles. The lowest BCUT2D eigenvalue weighted by Gasteiger charge is -2.34. The largest absolute Gasteiger partial charge is 0.478 e. The highest BCUT2D eigenvalue weighted by Crippen LogP contribution is 2.46. The van der Waals surface area contributed by atoms with E-state index >= 15 is 0 Å². The minimum atomic E-state index is -6.60. The zero-order valence-electron chi connectivity index (χ0n) is 10.3. The first-order valence-electron chi connectivity index (χ1n) is 5.52. The Morgan fingerprint density at radius 2 is 1.45 bits per heavy atom. The van der Waals surface area contributed by atoms with E-state index in [1.165, 1.54) is 0 Å². The second-order valence-electron chi connectivity index (χ2n) is 4.16. The van der Waals surface area contributed by atoms with E-state index in [1.807, 2.05) is 0 Å². The van der Waals surface area contributed by atoms with Crippen molar-refractivity contribution in [1.82, 2.24) is 0 Å². The smallest absolute Gasteiger partial charge is 0.369 e. The number of hydrogen-bond donors (Lipinski definition) is 0. The molecule has 0 spiro atoms. The van der Waals surface area contributed by atoms with Crippen molar-refractivity contribution < 1.29 is 58.1 Å². The van der Waals surface area contributed by atoms with Crippen molar-refractivity contribution in [2.75, 3.05) is 6.61 Å². The van der Waals surface area contributed by atoms with Crippen LogP contribution in [0.15, 0.2) is 0 Å². The zero-order chi connectivity index (χ0) is 17.4. The number of ether oxygens (including phenoxy) is 3. The molecule has 0 amide bonds. The first-order chi connectivity index (χ1) is 9.71. The van der Waals surface area contributed by atoms with Crippen LogP contribution >= 0.6 is 0 Å². The molecule has 0 aromatic rings. The number of halogens is 10. The van der Waals surface area contributed by atoms with Crippen LogP contribution in [0.1, 0.15) is 12.8 Å². The van der Waals surface area contributed by atoms with Crippen LogP contribution in [-0.4, -0.2) is 43.6 Å². The lowest BCUT2D eigenvalue weighted by Crippen LogP contribution is -2.56. The monoisotopic (exact) mass is 354 g/mol. The van der Waals surface area contributed by atoms with Crippen LogP contribution in [-0.2, 0) is 14.2 Å². The summed E-state index contributed by atoms with van der Waals surface area (Å²) in [6.07, 6.45) is -25.5. The van der Waals surface area contributed by atoms with Crippen LogP contribution in [0, 0.1) is 0 Å². The maximum Gasteiger partial charge on any atom is 0.478 e. The summed E-state index contributed by atoms with van der Waals surface area (Å²) >= 11 is 0. The fraction of sp³-hybridized carbons (Fsp3) is 1.00. The number of alkyl halides is 10. The third-order valence-electron chi connectivity index (χ3n) is 2.43. The maximum atomic E-state index is 13.4. The van der Waals surface area contributed by atoms with Gasteiger partial charge in [0.25, 0.3) is 0 Å². The molecule has 0 aromatic heterocycles. The second-order valence-corrected chi connectivity index (χ2v) is 4.16. The highest BCUT2D eigenvalue weighted by molar-refractivity contribution is 4.79. The summed E-state index contributed by atoms with van der Waals surface area (Å²) in [5.74, 6) is 0. The van der Waals surface area contributed by atoms with Crippen molar-refractivity contribution in [3.8, 4) is 0 Å². The summed E-state index contributed by atoms with van der Waals surface area (Å²) in [6.45, 7) is -0.316. The Bertz CT molecular complexity index is 378. The SMILES string of the molecule is FC(F)C(F)(F)OC(F)(OC(F)(F)C1CCCO1)C(F)(F)F. The molecule has 132 valence electrons. The zero-order valence-corrected chi connectivity index (χ0v) is 10.3. The van der Waals surface area contributed by atoms with Gasteiger partial charge in [0.1, 0.15) is 6.10 Å². The lowest BCUT2D eigenvalue weighted by atomic mass is 10.2.